The van der Waals surface area contributed by atoms with Crippen molar-refractivity contribution in [3.05, 3.63) is 53.3 Å². The number of carboxylic acids is 1. The maximum atomic E-state index is 12.6. The first kappa shape index (κ1) is 20.0. The molecular formula is C19H21N3O5S. The summed E-state index contributed by atoms with van der Waals surface area (Å²) >= 11 is 1.41. The highest BCUT2D eigenvalue weighted by Gasteiger charge is 2.54. The highest BCUT2D eigenvalue weighted by molar-refractivity contribution is 8.00. The van der Waals surface area contributed by atoms with Crippen molar-refractivity contribution in [1.82, 2.24) is 10.2 Å². The minimum absolute atomic E-state index is 0.0307. The van der Waals surface area contributed by atoms with E-state index in [0.717, 1.165) is 0 Å². The van der Waals surface area contributed by atoms with Crippen LogP contribution in [0.3, 0.4) is 0 Å². The maximum absolute atomic E-state index is 12.6. The van der Waals surface area contributed by atoms with Gasteiger partial charge in [0.15, 0.2) is 0 Å². The number of carboxylic acid groups (broad SMARTS) is 1. The quantitative estimate of drug-likeness (QED) is 0.606. The number of methoxy groups -OCH3 is 1. The van der Waals surface area contributed by atoms with Gasteiger partial charge >= 0.3 is 5.97 Å². The second-order valence-corrected chi connectivity index (χ2v) is 7.43. The Kier molecular flexibility index (Phi) is 5.76. The summed E-state index contributed by atoms with van der Waals surface area (Å²) in [5.74, 6) is -1.02. The highest BCUT2D eigenvalue weighted by atomic mass is 32.2. The fraction of sp³-hybridized carbons (Fsp3) is 0.316. The number of allylic oxidation sites excluding steroid dienone is 2. The molecule has 3 rings (SSSR count). The first-order valence-corrected chi connectivity index (χ1v) is 9.67. The lowest BCUT2D eigenvalue weighted by Crippen LogP contribution is -2.71. The van der Waals surface area contributed by atoms with E-state index < -0.39 is 35.2 Å². The number of hydrogen-bond donors (Lipinski definition) is 3. The van der Waals surface area contributed by atoms with Crippen LogP contribution >= 0.6 is 11.8 Å². The van der Waals surface area contributed by atoms with Crippen molar-refractivity contribution < 1.29 is 24.2 Å². The third-order valence-corrected chi connectivity index (χ3v) is 5.93. The molecule has 0 spiro atoms. The number of nitrogens with one attached hydrogen (secondary N) is 1. The molecule has 2 amide bonds. The van der Waals surface area contributed by atoms with E-state index in [1.54, 1.807) is 50.5 Å². The summed E-state index contributed by atoms with van der Waals surface area (Å²) in [7, 11) is 1.54. The number of nitrogens with two attached hydrogens (primary N) is 1. The van der Waals surface area contributed by atoms with Crippen LogP contribution in [0.1, 0.15) is 18.5 Å². The molecule has 1 fully saturated rings. The van der Waals surface area contributed by atoms with Crippen LogP contribution in [0.15, 0.2) is 47.7 Å². The fourth-order valence-electron chi connectivity index (χ4n) is 3.18. The van der Waals surface area contributed by atoms with Crippen molar-refractivity contribution in [2.24, 2.45) is 5.73 Å². The summed E-state index contributed by atoms with van der Waals surface area (Å²) in [6, 6.07) is 5.01. The Balaban J connectivity index is 1.72. The lowest BCUT2D eigenvalue weighted by molar-refractivity contribution is -0.150. The summed E-state index contributed by atoms with van der Waals surface area (Å²) in [5.41, 5.74) is 7.14. The Morgan fingerprint density at radius 3 is 2.64 bits per heavy atom. The van der Waals surface area contributed by atoms with Gasteiger partial charge in [0, 0.05) is 5.75 Å². The normalized spacial score (nSPS) is 22.5. The van der Waals surface area contributed by atoms with Gasteiger partial charge in [-0.3, -0.25) is 14.5 Å². The zero-order chi connectivity index (χ0) is 20.4. The molecule has 0 aromatic heterocycles. The average Bonchev–Trinajstić information content (AvgIpc) is 2.70. The van der Waals surface area contributed by atoms with Crippen molar-refractivity contribution in [3.8, 4) is 5.75 Å². The summed E-state index contributed by atoms with van der Waals surface area (Å²) in [5, 5.41) is 11.7. The second kappa shape index (κ2) is 8.07. The Bertz CT molecular complexity index is 865. The van der Waals surface area contributed by atoms with Gasteiger partial charge in [-0.25, -0.2) is 4.79 Å². The molecule has 1 saturated heterocycles. The number of thioether (sulfide) groups is 1. The molecule has 0 aliphatic carbocycles. The fourth-order valence-corrected chi connectivity index (χ4v) is 4.50. The number of benzene rings is 1. The summed E-state index contributed by atoms with van der Waals surface area (Å²) < 4.78 is 5.08. The Morgan fingerprint density at radius 2 is 2.07 bits per heavy atom. The number of fused-ring (bicyclic) bond motifs is 1. The largest absolute Gasteiger partial charge is 0.497 e. The van der Waals surface area contributed by atoms with E-state index in [4.69, 9.17) is 10.5 Å². The molecule has 28 heavy (non-hydrogen) atoms. The summed E-state index contributed by atoms with van der Waals surface area (Å²) in [6.45, 7) is 1.78. The number of carbonyl (C=O) groups excluding carboxylic acids is 2. The minimum Gasteiger partial charge on any atom is -0.497 e. The van der Waals surface area contributed by atoms with Gasteiger partial charge in [-0.2, -0.15) is 0 Å². The predicted octanol–water partition coefficient (Wildman–Crippen LogP) is 1.01. The van der Waals surface area contributed by atoms with E-state index in [1.165, 1.54) is 16.7 Å². The van der Waals surface area contributed by atoms with Gasteiger partial charge in [0.05, 0.1) is 7.11 Å². The number of β-lactam (4-membered cyclic amide) rings is 1. The third-order valence-electron chi connectivity index (χ3n) is 4.62. The molecule has 148 valence electrons. The number of nitrogens with zero attached hydrogens (tertiary/aromatic N) is 1. The van der Waals surface area contributed by atoms with Gasteiger partial charge in [0.2, 0.25) is 5.91 Å². The number of carbonyl (C=O) groups is 3. The molecule has 2 heterocycles. The van der Waals surface area contributed by atoms with Gasteiger partial charge < -0.3 is 20.9 Å². The van der Waals surface area contributed by atoms with Crippen molar-refractivity contribution in [2.75, 3.05) is 12.9 Å². The van der Waals surface area contributed by atoms with E-state index in [0.29, 0.717) is 22.6 Å². The van der Waals surface area contributed by atoms with E-state index >= 15 is 0 Å². The minimum atomic E-state index is -1.16. The van der Waals surface area contributed by atoms with E-state index in [-0.39, 0.29) is 5.70 Å². The Morgan fingerprint density at radius 1 is 1.39 bits per heavy atom. The smallest absolute Gasteiger partial charge is 0.352 e. The van der Waals surface area contributed by atoms with Crippen LogP contribution in [0.2, 0.25) is 0 Å². The Hall–Kier alpha value is -2.78. The van der Waals surface area contributed by atoms with E-state index in [2.05, 4.69) is 5.32 Å². The van der Waals surface area contributed by atoms with Gasteiger partial charge in [0.25, 0.3) is 5.91 Å². The van der Waals surface area contributed by atoms with Crippen molar-refractivity contribution >= 4 is 29.5 Å². The van der Waals surface area contributed by atoms with Gasteiger partial charge in [-0.05, 0) is 30.2 Å². The average molecular weight is 403 g/mol. The molecule has 1 aromatic rings. The first-order valence-electron chi connectivity index (χ1n) is 8.62. The van der Waals surface area contributed by atoms with Crippen LogP contribution in [0, 0.1) is 0 Å². The monoisotopic (exact) mass is 403 g/mol. The highest BCUT2D eigenvalue weighted by Crippen LogP contribution is 2.40. The molecule has 0 saturated carbocycles. The van der Waals surface area contributed by atoms with E-state index in [9.17, 15) is 19.5 Å². The van der Waals surface area contributed by atoms with Crippen LogP contribution in [-0.4, -0.2) is 52.1 Å². The molecule has 1 aromatic carbocycles. The number of amides is 2. The zero-order valence-electron chi connectivity index (χ0n) is 15.4. The van der Waals surface area contributed by atoms with Crippen LogP contribution in [0.25, 0.3) is 0 Å². The zero-order valence-corrected chi connectivity index (χ0v) is 16.2. The van der Waals surface area contributed by atoms with Gasteiger partial charge in [0.1, 0.15) is 28.9 Å². The van der Waals surface area contributed by atoms with Gasteiger partial charge in [-0.1, -0.05) is 24.3 Å². The molecule has 9 heteroatoms. The summed E-state index contributed by atoms with van der Waals surface area (Å²) in [6.07, 6.45) is 3.42. The van der Waals surface area contributed by atoms with E-state index in [1.807, 2.05) is 0 Å². The predicted molar refractivity (Wildman–Crippen MR) is 104 cm³/mol. The SMILES string of the molecule is C/C=C/C1=C(C(=O)O)N2C(=O)[C@@H](NC(=O)[C@H](N)c3ccc(OC)cc3)[C@H]2SC1. The van der Waals surface area contributed by atoms with Crippen LogP contribution in [0.5, 0.6) is 5.75 Å². The maximum Gasteiger partial charge on any atom is 0.352 e. The third kappa shape index (κ3) is 3.50. The molecule has 3 atom stereocenters. The number of rotatable bonds is 6. The summed E-state index contributed by atoms with van der Waals surface area (Å²) in [4.78, 5) is 37.9. The number of aliphatic carboxylic acids is 1. The molecular weight excluding hydrogens is 382 g/mol. The molecule has 2 aliphatic heterocycles. The molecule has 0 unspecified atom stereocenters. The standard InChI is InChI=1S/C19H21N3O5S/c1-3-4-11-9-28-18-14(17(24)22(18)15(11)19(25)26)21-16(23)13(20)10-5-7-12(27-2)8-6-10/h3-8,13-14,18H,9,20H2,1-2H3,(H,21,23)(H,25,26)/b4-3+/t13-,14-,18-/m1/s1. The topological polar surface area (TPSA) is 122 Å². The van der Waals surface area contributed by atoms with Crippen LogP contribution in [-0.2, 0) is 14.4 Å². The van der Waals surface area contributed by atoms with Crippen LogP contribution in [0.4, 0.5) is 0 Å². The molecule has 8 nitrogen and oxygen atoms in total. The molecule has 4 N–H and O–H groups in total. The lowest BCUT2D eigenvalue weighted by Gasteiger charge is -2.49. The van der Waals surface area contributed by atoms with Crippen LogP contribution < -0.4 is 15.8 Å². The number of hydrogen-bond acceptors (Lipinski definition) is 6. The second-order valence-electron chi connectivity index (χ2n) is 6.33. The first-order chi connectivity index (χ1) is 13.4. The van der Waals surface area contributed by atoms with Gasteiger partial charge in [-0.15, -0.1) is 11.8 Å². The molecule has 2 aliphatic rings. The van der Waals surface area contributed by atoms with Crippen molar-refractivity contribution in [2.45, 2.75) is 24.4 Å². The Labute approximate surface area is 166 Å². The number of ether oxygens (including phenoxy) is 1. The lowest BCUT2D eigenvalue weighted by atomic mass is 10.0. The molecule has 0 bridgehead atoms. The van der Waals surface area contributed by atoms with Crippen molar-refractivity contribution in [1.29, 1.82) is 0 Å². The van der Waals surface area contributed by atoms with Crippen molar-refractivity contribution in [3.63, 3.8) is 0 Å². The molecule has 0 radical (unpaired) electrons.